The van der Waals surface area contributed by atoms with Crippen molar-refractivity contribution in [2.45, 2.75) is 26.9 Å². The van der Waals surface area contributed by atoms with E-state index < -0.39 is 6.10 Å². The Kier molecular flexibility index (Phi) is 6.04. The molecule has 0 aliphatic carbocycles. The van der Waals surface area contributed by atoms with Crippen molar-refractivity contribution in [2.24, 2.45) is 17.9 Å². The van der Waals surface area contributed by atoms with Crippen molar-refractivity contribution in [1.82, 2.24) is 19.7 Å². The Morgan fingerprint density at radius 3 is 2.76 bits per heavy atom. The highest BCUT2D eigenvalue weighted by Gasteiger charge is 2.22. The van der Waals surface area contributed by atoms with Gasteiger partial charge in [0.1, 0.15) is 28.3 Å². The summed E-state index contributed by atoms with van der Waals surface area (Å²) in [5.41, 5.74) is 9.22. The van der Waals surface area contributed by atoms with Crippen LogP contribution in [0.15, 0.2) is 57.0 Å². The first-order valence-electron chi connectivity index (χ1n) is 11.4. The second-order valence-electron chi connectivity index (χ2n) is 8.72. The minimum Gasteiger partial charge on any atom is -0.483 e. The molecule has 1 aromatic carbocycles. The van der Waals surface area contributed by atoms with Gasteiger partial charge in [0.25, 0.3) is 0 Å². The van der Waals surface area contributed by atoms with Crippen LogP contribution in [0.4, 0.5) is 0 Å². The second-order valence-corrected chi connectivity index (χ2v) is 9.11. The highest BCUT2D eigenvalue weighted by Crippen LogP contribution is 2.33. The predicted octanol–water partition coefficient (Wildman–Crippen LogP) is 4.64. The maximum absolute atomic E-state index is 13.5. The zero-order valence-corrected chi connectivity index (χ0v) is 21.2. The number of nitrogens with two attached hydrogens (primary N) is 1. The van der Waals surface area contributed by atoms with Crippen LogP contribution >= 0.6 is 11.6 Å². The number of aromatic nitrogens is 4. The summed E-state index contributed by atoms with van der Waals surface area (Å²) in [7, 11) is 1.80. The van der Waals surface area contributed by atoms with Gasteiger partial charge in [-0.05, 0) is 62.7 Å². The van der Waals surface area contributed by atoms with Crippen molar-refractivity contribution in [2.75, 3.05) is 0 Å². The minimum atomic E-state index is -0.609. The van der Waals surface area contributed by atoms with Gasteiger partial charge in [0.05, 0.1) is 11.6 Å². The number of fused-ring (bicyclic) bond motifs is 2. The summed E-state index contributed by atoms with van der Waals surface area (Å²) in [4.78, 5) is 22.3. The fourth-order valence-electron chi connectivity index (χ4n) is 4.27. The quantitative estimate of drug-likeness (QED) is 0.113. The van der Waals surface area contributed by atoms with Crippen LogP contribution in [0.1, 0.15) is 35.4 Å². The molecule has 0 saturated heterocycles. The van der Waals surface area contributed by atoms with Gasteiger partial charge in [-0.3, -0.25) is 9.48 Å². The van der Waals surface area contributed by atoms with Crippen LogP contribution < -0.4 is 15.9 Å². The summed E-state index contributed by atoms with van der Waals surface area (Å²) < 4.78 is 14.2. The van der Waals surface area contributed by atoms with Gasteiger partial charge in [-0.25, -0.2) is 9.97 Å². The van der Waals surface area contributed by atoms with E-state index in [1.54, 1.807) is 50.0 Å². The van der Waals surface area contributed by atoms with E-state index in [0.717, 1.165) is 10.9 Å². The van der Waals surface area contributed by atoms with Crippen LogP contribution in [0.25, 0.3) is 33.5 Å². The van der Waals surface area contributed by atoms with Gasteiger partial charge in [0.2, 0.25) is 0 Å². The van der Waals surface area contributed by atoms with Crippen LogP contribution in [-0.4, -0.2) is 30.8 Å². The third kappa shape index (κ3) is 4.25. The molecule has 0 radical (unpaired) electrons. The molecule has 10 nitrogen and oxygen atoms in total. The van der Waals surface area contributed by atoms with Crippen LogP contribution in [0.2, 0.25) is 5.15 Å². The standard InChI is InChI=1S/C26H23ClN6O4/c1-12-9-16(14(3)36-19-7-8-20(27)31-21(19)25(28)32-35)24-17(10-12)22(34)13(2)23(37-24)18-6-5-15-11-29-33(4)26(15)30-18/h5-11,14,35H,1-4H3,(H2,28,32)/t14-/m1/s1. The van der Waals surface area contributed by atoms with Crippen molar-refractivity contribution in [3.8, 4) is 17.2 Å². The minimum absolute atomic E-state index is 0.0884. The number of amidine groups is 1. The fraction of sp³-hybridized carbons (Fsp3) is 0.192. The van der Waals surface area contributed by atoms with Gasteiger partial charge < -0.3 is 20.1 Å². The maximum atomic E-state index is 13.5. The Balaban J connectivity index is 1.67. The molecule has 188 valence electrons. The molecule has 5 aromatic rings. The zero-order chi connectivity index (χ0) is 26.4. The SMILES string of the molecule is Cc1cc([C@@H](C)Oc2ccc(Cl)nc2C(N)=NO)c2oc(-c3ccc4cnn(C)c4n3)c(C)c(=O)c2c1. The third-order valence-corrected chi connectivity index (χ3v) is 6.33. The highest BCUT2D eigenvalue weighted by atomic mass is 35.5. The molecule has 0 aliphatic heterocycles. The molecule has 0 fully saturated rings. The number of pyridine rings is 2. The van der Waals surface area contributed by atoms with Gasteiger partial charge in [0.15, 0.2) is 28.4 Å². The zero-order valence-electron chi connectivity index (χ0n) is 20.5. The molecule has 4 heterocycles. The van der Waals surface area contributed by atoms with Crippen LogP contribution in [-0.2, 0) is 7.05 Å². The number of rotatable bonds is 5. The lowest BCUT2D eigenvalue weighted by molar-refractivity contribution is 0.225. The van der Waals surface area contributed by atoms with E-state index >= 15 is 0 Å². The van der Waals surface area contributed by atoms with Gasteiger partial charge in [-0.2, -0.15) is 5.10 Å². The summed E-state index contributed by atoms with van der Waals surface area (Å²) >= 11 is 6.00. The molecule has 0 unspecified atom stereocenters. The van der Waals surface area contributed by atoms with Crippen molar-refractivity contribution < 1.29 is 14.4 Å². The monoisotopic (exact) mass is 518 g/mol. The summed E-state index contributed by atoms with van der Waals surface area (Å²) in [6, 6.07) is 10.5. The molecule has 0 bridgehead atoms. The Bertz CT molecular complexity index is 1780. The van der Waals surface area contributed by atoms with Crippen molar-refractivity contribution >= 4 is 39.4 Å². The Morgan fingerprint density at radius 1 is 1.22 bits per heavy atom. The summed E-state index contributed by atoms with van der Waals surface area (Å²) in [6.07, 6.45) is 1.12. The average molecular weight is 519 g/mol. The molecule has 0 amide bonds. The second kappa shape index (κ2) is 9.21. The topological polar surface area (TPSA) is 142 Å². The summed E-state index contributed by atoms with van der Waals surface area (Å²) in [5, 5.41) is 17.9. The number of nitrogens with zero attached hydrogens (tertiary/aromatic N) is 5. The summed E-state index contributed by atoms with van der Waals surface area (Å²) in [5.74, 6) is 0.364. The third-order valence-electron chi connectivity index (χ3n) is 6.12. The molecule has 5 rings (SSSR count). The molecule has 0 aliphatic rings. The van der Waals surface area contributed by atoms with Gasteiger partial charge in [0, 0.05) is 23.6 Å². The van der Waals surface area contributed by atoms with Gasteiger partial charge in [-0.1, -0.05) is 16.8 Å². The van der Waals surface area contributed by atoms with Crippen LogP contribution in [0.3, 0.4) is 0 Å². The van der Waals surface area contributed by atoms with E-state index in [2.05, 4.69) is 20.2 Å². The normalized spacial score (nSPS) is 12.8. The smallest absolute Gasteiger partial charge is 0.196 e. The molecule has 11 heteroatoms. The lowest BCUT2D eigenvalue weighted by Crippen LogP contribution is -2.18. The molecule has 4 aromatic heterocycles. The highest BCUT2D eigenvalue weighted by molar-refractivity contribution is 6.29. The predicted molar refractivity (Wildman–Crippen MR) is 140 cm³/mol. The van der Waals surface area contributed by atoms with Gasteiger partial charge in [-0.15, -0.1) is 0 Å². The Labute approximate surface area is 216 Å². The first-order chi connectivity index (χ1) is 17.7. The van der Waals surface area contributed by atoms with E-state index in [1.165, 1.54) is 6.07 Å². The number of aryl methyl sites for hydroxylation is 2. The van der Waals surface area contributed by atoms with Crippen LogP contribution in [0, 0.1) is 13.8 Å². The Morgan fingerprint density at radius 2 is 2.00 bits per heavy atom. The molecular formula is C26H23ClN6O4. The first-order valence-corrected chi connectivity index (χ1v) is 11.7. The molecule has 1 atom stereocenters. The average Bonchev–Trinajstić information content (AvgIpc) is 3.26. The van der Waals surface area contributed by atoms with Gasteiger partial charge >= 0.3 is 0 Å². The Hall–Kier alpha value is -4.44. The number of ether oxygens (including phenoxy) is 1. The van der Waals surface area contributed by atoms with Crippen molar-refractivity contribution in [1.29, 1.82) is 0 Å². The lowest BCUT2D eigenvalue weighted by Gasteiger charge is -2.19. The molecule has 0 spiro atoms. The number of hydrogen-bond acceptors (Lipinski definition) is 8. The van der Waals surface area contributed by atoms with E-state index in [0.29, 0.717) is 39.2 Å². The van der Waals surface area contributed by atoms with E-state index in [4.69, 9.17) is 31.7 Å². The first kappa shape index (κ1) is 24.3. The number of hydrogen-bond donors (Lipinski definition) is 2. The molecule has 0 saturated carbocycles. The molecule has 37 heavy (non-hydrogen) atoms. The largest absolute Gasteiger partial charge is 0.483 e. The van der Waals surface area contributed by atoms with E-state index in [9.17, 15) is 4.79 Å². The van der Waals surface area contributed by atoms with E-state index in [-0.39, 0.29) is 27.9 Å². The lowest BCUT2D eigenvalue weighted by atomic mass is 10.0. The number of benzene rings is 1. The number of halogens is 1. The summed E-state index contributed by atoms with van der Waals surface area (Å²) in [6.45, 7) is 5.42. The van der Waals surface area contributed by atoms with Crippen molar-refractivity contribution in [3.05, 3.63) is 80.4 Å². The molecule has 3 N–H and O–H groups in total. The molecular weight excluding hydrogens is 496 g/mol. The van der Waals surface area contributed by atoms with E-state index in [1.807, 2.05) is 19.1 Å². The van der Waals surface area contributed by atoms with Crippen LogP contribution in [0.5, 0.6) is 5.75 Å². The number of oxime groups is 1. The fourth-order valence-corrected chi connectivity index (χ4v) is 4.41. The van der Waals surface area contributed by atoms with Crippen molar-refractivity contribution in [3.63, 3.8) is 0 Å². The maximum Gasteiger partial charge on any atom is 0.196 e.